The molecule has 0 saturated carbocycles. The molecule has 0 saturated heterocycles. The number of hydrogen-bond donors (Lipinski definition) is 0. The molecule has 2 aromatic rings. The van der Waals surface area contributed by atoms with Gasteiger partial charge in [-0.3, -0.25) is 0 Å². The van der Waals surface area contributed by atoms with Crippen molar-refractivity contribution in [3.05, 3.63) is 65.2 Å². The van der Waals surface area contributed by atoms with Crippen molar-refractivity contribution in [2.45, 2.75) is 19.8 Å². The van der Waals surface area contributed by atoms with Crippen LogP contribution >= 0.6 is 17.0 Å². The van der Waals surface area contributed by atoms with Gasteiger partial charge in [-0.1, -0.05) is 67.1 Å². The molecule has 0 aliphatic heterocycles. The topological polar surface area (TPSA) is 0 Å². The third-order valence-corrected chi connectivity index (χ3v) is 3.75. The number of rotatable bonds is 1. The van der Waals surface area contributed by atoms with E-state index in [-0.39, 0.29) is 0 Å². The van der Waals surface area contributed by atoms with E-state index in [1.807, 2.05) is 0 Å². The van der Waals surface area contributed by atoms with Crippen LogP contribution in [-0.2, 0) is 20.8 Å². The van der Waals surface area contributed by atoms with Gasteiger partial charge in [0.15, 0.2) is 0 Å². The summed E-state index contributed by atoms with van der Waals surface area (Å²) in [6, 6.07) is 17.3. The third kappa shape index (κ3) is 3.45. The van der Waals surface area contributed by atoms with Crippen LogP contribution in [0, 0.1) is 0 Å². The average molecular weight is 382 g/mol. The minimum absolute atomic E-state index is 0.564. The van der Waals surface area contributed by atoms with Crippen LogP contribution in [0.5, 0.6) is 0 Å². The number of benzene rings is 2. The fourth-order valence-electron chi connectivity index (χ4n) is 2.59. The molecule has 0 aromatic heterocycles. The quantitative estimate of drug-likeness (QED) is 0.547. The summed E-state index contributed by atoms with van der Waals surface area (Å²) in [5.41, 5.74) is 6.99. The molecule has 0 amide bonds. The summed E-state index contributed by atoms with van der Waals surface area (Å²) in [7, 11) is 9.87. The van der Waals surface area contributed by atoms with Crippen LogP contribution in [0.4, 0.5) is 0 Å². The summed E-state index contributed by atoms with van der Waals surface area (Å²) in [5, 5.41) is 0. The molecule has 0 bridgehead atoms. The molecule has 1 atom stereocenters. The second-order valence-electron chi connectivity index (χ2n) is 4.86. The Morgan fingerprint density at radius 3 is 2.25 bits per heavy atom. The molecule has 20 heavy (non-hydrogen) atoms. The van der Waals surface area contributed by atoms with E-state index in [2.05, 4.69) is 68.5 Å². The van der Waals surface area contributed by atoms with Gasteiger partial charge >= 0.3 is 37.9 Å². The molecule has 0 fully saturated rings. The molecule has 3 heteroatoms. The monoisotopic (exact) mass is 380 g/mol. The normalized spacial score (nSPS) is 15.8. The van der Waals surface area contributed by atoms with Gasteiger partial charge in [-0.15, -0.1) is 0 Å². The van der Waals surface area contributed by atoms with E-state index >= 15 is 0 Å². The Morgan fingerprint density at radius 2 is 1.60 bits per heavy atom. The standard InChI is InChI=1S/C17H16.2ClH.Zr/c1-12-11-17-15(13(12)2)9-6-10-16(17)14-7-4-3-5-8-14;;;/h3-11,13H,1-2H3;2*1H;/q;;;+2/p-2. The van der Waals surface area contributed by atoms with Crippen LogP contribution in [0.15, 0.2) is 54.1 Å². The minimum atomic E-state index is -0.826. The number of hydrogen-bond acceptors (Lipinski definition) is 0. The molecule has 0 spiro atoms. The zero-order valence-electron chi connectivity index (χ0n) is 11.5. The zero-order valence-corrected chi connectivity index (χ0v) is 15.5. The van der Waals surface area contributed by atoms with Gasteiger partial charge in [0.25, 0.3) is 0 Å². The summed E-state index contributed by atoms with van der Waals surface area (Å²) >= 11 is -0.826. The summed E-state index contributed by atoms with van der Waals surface area (Å²) in [6.45, 7) is 4.51. The first-order valence-electron chi connectivity index (χ1n) is 6.51. The van der Waals surface area contributed by atoms with Gasteiger partial charge < -0.3 is 0 Å². The van der Waals surface area contributed by atoms with Gasteiger partial charge in [0, 0.05) is 5.92 Å². The van der Waals surface area contributed by atoms with Crippen LogP contribution in [0.25, 0.3) is 17.2 Å². The molecule has 0 nitrogen and oxygen atoms in total. The number of halogens is 2. The van der Waals surface area contributed by atoms with Crippen LogP contribution in [0.3, 0.4) is 0 Å². The van der Waals surface area contributed by atoms with E-state index in [1.165, 1.54) is 27.8 Å². The fraction of sp³-hybridized carbons (Fsp3) is 0.176. The van der Waals surface area contributed by atoms with Gasteiger partial charge in [0.05, 0.1) is 0 Å². The van der Waals surface area contributed by atoms with Gasteiger partial charge in [-0.25, -0.2) is 0 Å². The van der Waals surface area contributed by atoms with Crippen LogP contribution in [-0.4, -0.2) is 0 Å². The van der Waals surface area contributed by atoms with Crippen molar-refractivity contribution < 1.29 is 20.8 Å². The van der Waals surface area contributed by atoms with Gasteiger partial charge in [0.2, 0.25) is 0 Å². The Bertz CT molecular complexity index is 606. The molecule has 0 radical (unpaired) electrons. The van der Waals surface area contributed by atoms with Crippen molar-refractivity contribution in [2.24, 2.45) is 0 Å². The Hall–Kier alpha value is -0.357. The second kappa shape index (κ2) is 7.59. The first-order chi connectivity index (χ1) is 9.69. The molecule has 1 aliphatic carbocycles. The van der Waals surface area contributed by atoms with Gasteiger partial charge in [-0.2, -0.15) is 0 Å². The van der Waals surface area contributed by atoms with Crippen molar-refractivity contribution in [1.82, 2.24) is 0 Å². The van der Waals surface area contributed by atoms with Gasteiger partial charge in [-0.05, 0) is 29.2 Å². The van der Waals surface area contributed by atoms with E-state index in [0.717, 1.165) is 0 Å². The molecular weight excluding hydrogens is 366 g/mol. The van der Waals surface area contributed by atoms with Crippen molar-refractivity contribution in [3.8, 4) is 11.1 Å². The molecule has 1 unspecified atom stereocenters. The number of allylic oxidation sites excluding steroid dienone is 1. The van der Waals surface area contributed by atoms with Crippen LogP contribution in [0.2, 0.25) is 0 Å². The maximum absolute atomic E-state index is 4.93. The van der Waals surface area contributed by atoms with E-state index in [9.17, 15) is 0 Å². The third-order valence-electron chi connectivity index (χ3n) is 3.75. The van der Waals surface area contributed by atoms with E-state index in [4.69, 9.17) is 17.0 Å². The summed E-state index contributed by atoms with van der Waals surface area (Å²) in [4.78, 5) is 0. The molecule has 3 rings (SSSR count). The van der Waals surface area contributed by atoms with Crippen molar-refractivity contribution in [1.29, 1.82) is 0 Å². The van der Waals surface area contributed by atoms with Crippen molar-refractivity contribution >= 4 is 23.1 Å². The predicted octanol–water partition coefficient (Wildman–Crippen LogP) is 6.25. The molecule has 0 N–H and O–H groups in total. The molecule has 0 heterocycles. The molecule has 1 aliphatic rings. The number of fused-ring (bicyclic) bond motifs is 1. The van der Waals surface area contributed by atoms with Crippen LogP contribution < -0.4 is 0 Å². The second-order valence-corrected chi connectivity index (χ2v) is 8.59. The van der Waals surface area contributed by atoms with Crippen LogP contribution in [0.1, 0.15) is 30.9 Å². The fourth-order valence-corrected chi connectivity index (χ4v) is 2.59. The van der Waals surface area contributed by atoms with Gasteiger partial charge in [0.1, 0.15) is 0 Å². The first kappa shape index (κ1) is 16.0. The van der Waals surface area contributed by atoms with Crippen molar-refractivity contribution in [3.63, 3.8) is 0 Å². The molecular formula is C17H16Cl2Zr. The average Bonchev–Trinajstić information content (AvgIpc) is 2.76. The SMILES string of the molecule is CC1=Cc2c(-c3ccccc3)cccc2C1C.[Cl][Zr][Cl]. The van der Waals surface area contributed by atoms with E-state index < -0.39 is 20.8 Å². The van der Waals surface area contributed by atoms with E-state index in [0.29, 0.717) is 5.92 Å². The summed E-state index contributed by atoms with van der Waals surface area (Å²) < 4.78 is 0. The Morgan fingerprint density at radius 1 is 0.950 bits per heavy atom. The molecule has 2 aromatic carbocycles. The zero-order chi connectivity index (χ0) is 14.5. The Kier molecular flexibility index (Phi) is 6.08. The Labute approximate surface area is 139 Å². The summed E-state index contributed by atoms with van der Waals surface area (Å²) in [5.74, 6) is 0.564. The Balaban J connectivity index is 0.000000452. The maximum atomic E-state index is 4.93. The first-order valence-corrected chi connectivity index (χ1v) is 12.8. The van der Waals surface area contributed by atoms with E-state index in [1.54, 1.807) is 0 Å². The van der Waals surface area contributed by atoms with Crippen molar-refractivity contribution in [2.75, 3.05) is 0 Å². The predicted molar refractivity (Wildman–Crippen MR) is 85.7 cm³/mol. The summed E-state index contributed by atoms with van der Waals surface area (Å²) in [6.07, 6.45) is 2.34. The molecule has 102 valence electrons.